The Labute approximate surface area is 435 Å². The molecule has 0 bridgehead atoms. The van der Waals surface area contributed by atoms with Gasteiger partial charge in [-0.25, -0.2) is 4.79 Å². The maximum atomic E-state index is 14.8. The number of likely N-dealkylation sites (N-methyl/N-ethyl adjacent to an activating group) is 1. The van der Waals surface area contributed by atoms with Crippen LogP contribution in [0.15, 0.2) is 85.1 Å². The first-order valence-corrected chi connectivity index (χ1v) is 26.6. The number of hydrogen-bond acceptors (Lipinski definition) is 15. The van der Waals surface area contributed by atoms with Crippen molar-refractivity contribution in [2.75, 3.05) is 25.1 Å². The number of unbranched alkanes of at least 4 members (excludes halogenated alkanes) is 1. The number of carbonyl (C=O) groups excluding carboxylic acids is 7. The van der Waals surface area contributed by atoms with Crippen molar-refractivity contribution in [1.82, 2.24) is 47.5 Å². The van der Waals surface area contributed by atoms with Gasteiger partial charge >= 0.3 is 5.97 Å². The smallest absolute Gasteiger partial charge is 0.328 e. The van der Waals surface area contributed by atoms with E-state index >= 15 is 0 Å². The van der Waals surface area contributed by atoms with E-state index in [1.54, 1.807) is 31.4 Å². The number of hydrogen-bond donors (Lipinski definition) is 14. The average molecular weight is 1060 g/mol. The summed E-state index contributed by atoms with van der Waals surface area (Å²) in [6.07, 6.45) is -0.848. The Hall–Kier alpha value is -6.70. The first-order valence-electron chi connectivity index (χ1n) is 24.1. The molecule has 15 N–H and O–H groups in total. The third-order valence-electron chi connectivity index (χ3n) is 12.2. The molecular weight excluding hydrogens is 997 g/mol. The number of phenolic OH excluding ortho intramolecular Hbond substituents is 1. The first-order chi connectivity index (χ1) is 35.4. The van der Waals surface area contributed by atoms with Gasteiger partial charge in [0.05, 0.1) is 18.2 Å². The number of benzene rings is 3. The molecular formula is C50H66N10O12S2. The molecule has 7 amide bonds. The molecule has 1 saturated heterocycles. The molecule has 0 spiro atoms. The molecule has 5 rings (SSSR count). The number of aromatic amines is 1. The zero-order valence-electron chi connectivity index (χ0n) is 41.2. The number of aliphatic hydroxyl groups excluding tert-OH is 2. The number of carboxylic acid groups (broad SMARTS) is 1. The van der Waals surface area contributed by atoms with Gasteiger partial charge in [0.15, 0.2) is 6.04 Å². The van der Waals surface area contributed by atoms with Crippen LogP contribution in [0, 0.1) is 0 Å². The lowest BCUT2D eigenvalue weighted by atomic mass is 10.0. The van der Waals surface area contributed by atoms with Gasteiger partial charge in [-0.2, -0.15) is 0 Å². The van der Waals surface area contributed by atoms with Gasteiger partial charge in [-0.05, 0) is 88.0 Å². The van der Waals surface area contributed by atoms with E-state index in [-0.39, 0.29) is 49.5 Å². The summed E-state index contributed by atoms with van der Waals surface area (Å²) >= 11 is 0. The van der Waals surface area contributed by atoms with Crippen LogP contribution in [0.2, 0.25) is 0 Å². The van der Waals surface area contributed by atoms with Crippen LogP contribution in [-0.4, -0.2) is 158 Å². The fraction of sp³-hybridized carbons (Fsp3) is 0.440. The van der Waals surface area contributed by atoms with Crippen molar-refractivity contribution in [3.05, 3.63) is 102 Å². The number of carboxylic acids is 1. The molecule has 1 aliphatic heterocycles. The van der Waals surface area contributed by atoms with Crippen LogP contribution in [0.4, 0.5) is 0 Å². The van der Waals surface area contributed by atoms with Gasteiger partial charge in [-0.15, -0.1) is 0 Å². The molecule has 22 nitrogen and oxygen atoms in total. The summed E-state index contributed by atoms with van der Waals surface area (Å²) in [5, 5.41) is 62.9. The van der Waals surface area contributed by atoms with Crippen molar-refractivity contribution in [1.29, 1.82) is 0 Å². The molecule has 2 heterocycles. The van der Waals surface area contributed by atoms with Crippen LogP contribution < -0.4 is 48.3 Å². The number of aromatic hydroxyl groups is 1. The van der Waals surface area contributed by atoms with Crippen LogP contribution in [0.25, 0.3) is 10.9 Å². The highest BCUT2D eigenvalue weighted by Gasteiger charge is 2.37. The molecule has 0 radical (unpaired) electrons. The highest BCUT2D eigenvalue weighted by atomic mass is 33.1. The average Bonchev–Trinajstić information content (AvgIpc) is 3.78. The summed E-state index contributed by atoms with van der Waals surface area (Å²) in [5.74, 6) is -8.30. The van der Waals surface area contributed by atoms with Crippen molar-refractivity contribution in [2.24, 2.45) is 5.73 Å². The van der Waals surface area contributed by atoms with Gasteiger partial charge in [0.2, 0.25) is 41.4 Å². The van der Waals surface area contributed by atoms with Gasteiger partial charge in [0.25, 0.3) is 0 Å². The number of nitrogens with two attached hydrogens (primary N) is 1. The molecule has 4 unspecified atom stereocenters. The lowest BCUT2D eigenvalue weighted by Gasteiger charge is -2.29. The van der Waals surface area contributed by atoms with E-state index in [0.717, 1.165) is 45.0 Å². The van der Waals surface area contributed by atoms with Crippen LogP contribution >= 0.6 is 21.6 Å². The summed E-state index contributed by atoms with van der Waals surface area (Å²) in [4.78, 5) is 115. The number of aromatic nitrogens is 1. The predicted octanol–water partition coefficient (Wildman–Crippen LogP) is -0.747. The quantitative estimate of drug-likeness (QED) is 0.0431. The number of H-pyrrole nitrogens is 1. The van der Waals surface area contributed by atoms with E-state index in [1.807, 2.05) is 48.5 Å². The zero-order valence-corrected chi connectivity index (χ0v) is 42.8. The normalized spacial score (nSPS) is 22.3. The lowest BCUT2D eigenvalue weighted by Crippen LogP contribution is -2.62. The number of rotatable bonds is 18. The van der Waals surface area contributed by atoms with Gasteiger partial charge in [0.1, 0.15) is 42.0 Å². The standard InChI is InChI=1S/C50H66N10O12S2/c1-27(61)41-49(70)58-40(48(69)60-42(28(2)62)50(71)72)26-74-73-25-39(57-44(65)36(52-3)21-29-11-5-4-6-12-29)47(68)55-37(22-30-16-18-32(63)19-17-30)45(66)56-38(23-31-24-53-34-14-8-7-13-33(31)34)46(67)54-35(43(64)59-41)15-9-10-20-51/h4-8,11-14,16-19,24,27-28,35-42,52-53,61-63H,9-10,15,20-23,25-26,51H2,1-3H3,(H,54,67)(H,55,68)(H,56,66)(H,57,65)(H,58,70)(H,59,64)(H,60,69)(H,71,72)/t27?,28?,35-,36+,37-,38+,39-,40-,41?,42?/m0/s1. The Kier molecular flexibility index (Phi) is 22.5. The predicted molar refractivity (Wildman–Crippen MR) is 279 cm³/mol. The Morgan fingerprint density at radius 2 is 1.35 bits per heavy atom. The fourth-order valence-corrected chi connectivity index (χ4v) is 10.3. The van der Waals surface area contributed by atoms with Crippen molar-refractivity contribution in [3.8, 4) is 5.75 Å². The molecule has 400 valence electrons. The molecule has 4 aromatic rings. The number of fused-ring (bicyclic) bond motifs is 1. The maximum absolute atomic E-state index is 14.8. The SMILES string of the molecule is CN[C@H](Cc1ccccc1)C(=O)N[C@H]1CSSC[C@@H](C(=O)NC(C(=O)O)C(C)O)NC(=O)C(C(C)O)NC(=O)[C@H](CCCCN)NC(=O)[C@@H](Cc2c[nH]c3ccccc23)NC(=O)[C@H](Cc2ccc(O)cc2)NC1=O. The molecule has 1 aliphatic rings. The monoisotopic (exact) mass is 1060 g/mol. The minimum atomic E-state index is -1.81. The number of para-hydroxylation sites is 1. The lowest BCUT2D eigenvalue weighted by molar-refractivity contribution is -0.145. The van der Waals surface area contributed by atoms with E-state index in [2.05, 4.69) is 47.5 Å². The van der Waals surface area contributed by atoms with Crippen molar-refractivity contribution < 1.29 is 58.8 Å². The molecule has 0 aliphatic carbocycles. The number of aliphatic hydroxyl groups is 2. The largest absolute Gasteiger partial charge is 0.508 e. The second-order valence-corrected chi connectivity index (χ2v) is 20.5. The number of amides is 7. The van der Waals surface area contributed by atoms with Gasteiger partial charge in [-0.3, -0.25) is 33.6 Å². The topological polar surface area (TPSA) is 356 Å². The third kappa shape index (κ3) is 17.2. The van der Waals surface area contributed by atoms with Gasteiger partial charge < -0.3 is 73.7 Å². The van der Waals surface area contributed by atoms with Gasteiger partial charge in [-0.1, -0.05) is 82.3 Å². The Morgan fingerprint density at radius 1 is 0.730 bits per heavy atom. The van der Waals surface area contributed by atoms with E-state index in [1.165, 1.54) is 19.1 Å². The first kappa shape index (κ1) is 58.2. The maximum Gasteiger partial charge on any atom is 0.328 e. The molecule has 1 fully saturated rings. The second-order valence-electron chi connectivity index (χ2n) is 17.9. The summed E-state index contributed by atoms with van der Waals surface area (Å²) in [5.41, 5.74) is 8.44. The highest BCUT2D eigenvalue weighted by molar-refractivity contribution is 8.76. The highest BCUT2D eigenvalue weighted by Crippen LogP contribution is 2.25. The summed E-state index contributed by atoms with van der Waals surface area (Å²) < 4.78 is 0. The number of nitrogens with one attached hydrogen (secondary N) is 9. The number of carbonyl (C=O) groups is 8. The van der Waals surface area contributed by atoms with Crippen LogP contribution in [0.1, 0.15) is 49.8 Å². The second kappa shape index (κ2) is 28.7. The molecule has 3 aromatic carbocycles. The van der Waals surface area contributed by atoms with E-state index in [0.29, 0.717) is 24.0 Å². The summed E-state index contributed by atoms with van der Waals surface area (Å²) in [6.45, 7) is 2.58. The number of phenols is 1. The van der Waals surface area contributed by atoms with E-state index in [4.69, 9.17) is 5.73 Å². The molecule has 10 atom stereocenters. The van der Waals surface area contributed by atoms with Crippen LogP contribution in [0.5, 0.6) is 5.75 Å². The summed E-state index contributed by atoms with van der Waals surface area (Å²) in [6, 6.07) is 10.7. The Morgan fingerprint density at radius 3 is 2.00 bits per heavy atom. The van der Waals surface area contributed by atoms with Crippen LogP contribution in [-0.2, 0) is 57.6 Å². The Balaban J connectivity index is 1.59. The van der Waals surface area contributed by atoms with Crippen molar-refractivity contribution in [3.63, 3.8) is 0 Å². The zero-order chi connectivity index (χ0) is 53.9. The van der Waals surface area contributed by atoms with Crippen molar-refractivity contribution >= 4 is 79.8 Å². The fourth-order valence-electron chi connectivity index (χ4n) is 7.99. The molecule has 0 saturated carbocycles. The molecule has 24 heteroatoms. The molecule has 74 heavy (non-hydrogen) atoms. The minimum absolute atomic E-state index is 0.0160. The Bertz CT molecular complexity index is 2550. The van der Waals surface area contributed by atoms with E-state index < -0.39 is 108 Å². The van der Waals surface area contributed by atoms with Gasteiger partial charge in [0, 0.05) is 41.4 Å². The third-order valence-corrected chi connectivity index (χ3v) is 14.6. The van der Waals surface area contributed by atoms with E-state index in [9.17, 15) is 58.8 Å². The van der Waals surface area contributed by atoms with Crippen LogP contribution in [0.3, 0.4) is 0 Å². The summed E-state index contributed by atoms with van der Waals surface area (Å²) in [7, 11) is 3.49. The number of aliphatic carboxylic acids is 1. The van der Waals surface area contributed by atoms with Crippen molar-refractivity contribution in [2.45, 2.75) is 113 Å². The minimum Gasteiger partial charge on any atom is -0.508 e. The molecule has 1 aromatic heterocycles.